The van der Waals surface area contributed by atoms with Crippen molar-refractivity contribution < 1.29 is 0 Å². The lowest BCUT2D eigenvalue weighted by atomic mass is 10.1. The van der Waals surface area contributed by atoms with E-state index in [2.05, 4.69) is 15.9 Å². The van der Waals surface area contributed by atoms with Gasteiger partial charge in [0.25, 0.3) is 0 Å². The van der Waals surface area contributed by atoms with Crippen molar-refractivity contribution in [3.63, 3.8) is 0 Å². The summed E-state index contributed by atoms with van der Waals surface area (Å²) in [7, 11) is 0. The first-order valence-corrected chi connectivity index (χ1v) is 5.67. The highest BCUT2D eigenvalue weighted by Gasteiger charge is 2.07. The van der Waals surface area contributed by atoms with Crippen LogP contribution in [0.1, 0.15) is 16.0 Å². The molecule has 0 spiro atoms. The quantitative estimate of drug-likeness (QED) is 0.724. The van der Waals surface area contributed by atoms with E-state index in [1.54, 1.807) is 0 Å². The fourth-order valence-corrected chi connectivity index (χ4v) is 1.93. The maximum absolute atomic E-state index is 5.79. The Morgan fingerprint density at radius 3 is 2.50 bits per heavy atom. The van der Waals surface area contributed by atoms with Gasteiger partial charge in [0.2, 0.25) is 0 Å². The third-order valence-corrected chi connectivity index (χ3v) is 2.52. The van der Waals surface area contributed by atoms with Gasteiger partial charge in [0.05, 0.1) is 0 Å². The molecule has 0 unspecified atom stereocenters. The predicted octanol–water partition coefficient (Wildman–Crippen LogP) is 4.10. The van der Waals surface area contributed by atoms with Crippen molar-refractivity contribution in [3.8, 4) is 0 Å². The van der Waals surface area contributed by atoms with E-state index < -0.39 is 4.84 Å². The molecule has 12 heavy (non-hydrogen) atoms. The SMILES string of the molecule is ClC(Cl)c1ccccc1CCBr. The van der Waals surface area contributed by atoms with Crippen LogP contribution in [-0.2, 0) is 6.42 Å². The molecule has 0 heterocycles. The lowest BCUT2D eigenvalue weighted by molar-refractivity contribution is 1.11. The van der Waals surface area contributed by atoms with E-state index >= 15 is 0 Å². The van der Waals surface area contributed by atoms with Gasteiger partial charge in [0.1, 0.15) is 4.84 Å². The van der Waals surface area contributed by atoms with E-state index in [-0.39, 0.29) is 0 Å². The first-order chi connectivity index (χ1) is 5.75. The molecular formula is C9H9BrCl2. The molecule has 0 aliphatic carbocycles. The van der Waals surface area contributed by atoms with Crippen molar-refractivity contribution >= 4 is 39.1 Å². The lowest BCUT2D eigenvalue weighted by Gasteiger charge is -2.07. The Morgan fingerprint density at radius 2 is 1.92 bits per heavy atom. The Kier molecular flexibility index (Phi) is 4.41. The van der Waals surface area contributed by atoms with Crippen LogP contribution >= 0.6 is 39.1 Å². The average Bonchev–Trinajstić information content (AvgIpc) is 2.05. The molecule has 0 N–H and O–H groups in total. The highest BCUT2D eigenvalue weighted by atomic mass is 79.9. The topological polar surface area (TPSA) is 0 Å². The molecule has 0 saturated heterocycles. The van der Waals surface area contributed by atoms with Crippen LogP contribution in [0.15, 0.2) is 24.3 Å². The zero-order valence-corrected chi connectivity index (χ0v) is 9.53. The molecule has 3 heteroatoms. The fraction of sp³-hybridized carbons (Fsp3) is 0.333. The maximum atomic E-state index is 5.79. The van der Waals surface area contributed by atoms with Gasteiger partial charge in [-0.25, -0.2) is 0 Å². The van der Waals surface area contributed by atoms with E-state index in [4.69, 9.17) is 23.2 Å². The van der Waals surface area contributed by atoms with Crippen molar-refractivity contribution in [2.45, 2.75) is 11.3 Å². The van der Waals surface area contributed by atoms with Gasteiger partial charge in [0, 0.05) is 5.33 Å². The molecule has 66 valence electrons. The van der Waals surface area contributed by atoms with E-state index in [1.165, 1.54) is 5.56 Å². The summed E-state index contributed by atoms with van der Waals surface area (Å²) in [6.07, 6.45) is 0.964. The number of hydrogen-bond acceptors (Lipinski definition) is 0. The first kappa shape index (κ1) is 10.4. The number of alkyl halides is 3. The summed E-state index contributed by atoms with van der Waals surface area (Å²) in [6.45, 7) is 0. The highest BCUT2D eigenvalue weighted by Crippen LogP contribution is 2.27. The van der Waals surface area contributed by atoms with Crippen molar-refractivity contribution in [1.82, 2.24) is 0 Å². The van der Waals surface area contributed by atoms with Crippen LogP contribution in [0.3, 0.4) is 0 Å². The Hall–Kier alpha value is 0.280. The maximum Gasteiger partial charge on any atom is 0.133 e. The van der Waals surface area contributed by atoms with E-state index in [1.807, 2.05) is 24.3 Å². The van der Waals surface area contributed by atoms with Gasteiger partial charge in [0.15, 0.2) is 0 Å². The average molecular weight is 268 g/mol. The molecule has 1 rings (SSSR count). The summed E-state index contributed by atoms with van der Waals surface area (Å²) in [5.41, 5.74) is 2.23. The number of rotatable bonds is 3. The minimum atomic E-state index is -0.416. The second-order valence-corrected chi connectivity index (χ2v) is 4.33. The third-order valence-electron chi connectivity index (χ3n) is 1.65. The molecule has 0 amide bonds. The monoisotopic (exact) mass is 266 g/mol. The molecule has 0 aliphatic heterocycles. The molecule has 0 aromatic heterocycles. The molecule has 0 fully saturated rings. The second kappa shape index (κ2) is 5.11. The summed E-state index contributed by atoms with van der Waals surface area (Å²) in [5, 5.41) is 0.935. The van der Waals surface area contributed by atoms with Crippen LogP contribution in [0, 0.1) is 0 Å². The normalized spacial score (nSPS) is 10.7. The smallest absolute Gasteiger partial charge is 0.100 e. The molecule has 0 bridgehead atoms. The van der Waals surface area contributed by atoms with Crippen molar-refractivity contribution in [2.24, 2.45) is 0 Å². The molecule has 0 atom stereocenters. The number of aryl methyl sites for hydroxylation is 1. The van der Waals surface area contributed by atoms with Crippen LogP contribution in [0.5, 0.6) is 0 Å². The number of halogens is 3. The summed E-state index contributed by atoms with van der Waals surface area (Å²) in [5.74, 6) is 0. The predicted molar refractivity (Wildman–Crippen MR) is 58.4 cm³/mol. The minimum Gasteiger partial charge on any atom is -0.100 e. The minimum absolute atomic E-state index is 0.416. The van der Waals surface area contributed by atoms with E-state index in [0.717, 1.165) is 17.3 Å². The third kappa shape index (κ3) is 2.65. The highest BCUT2D eigenvalue weighted by molar-refractivity contribution is 9.09. The second-order valence-electron chi connectivity index (χ2n) is 2.44. The van der Waals surface area contributed by atoms with Gasteiger partial charge in [-0.2, -0.15) is 0 Å². The van der Waals surface area contributed by atoms with Gasteiger partial charge in [-0.3, -0.25) is 0 Å². The molecular weight excluding hydrogens is 259 g/mol. The Morgan fingerprint density at radius 1 is 1.25 bits per heavy atom. The van der Waals surface area contributed by atoms with Crippen molar-refractivity contribution in [1.29, 1.82) is 0 Å². The molecule has 0 radical (unpaired) electrons. The van der Waals surface area contributed by atoms with E-state index in [0.29, 0.717) is 0 Å². The largest absolute Gasteiger partial charge is 0.133 e. The van der Waals surface area contributed by atoms with Gasteiger partial charge in [-0.15, -0.1) is 23.2 Å². The molecule has 0 nitrogen and oxygen atoms in total. The van der Waals surface area contributed by atoms with E-state index in [9.17, 15) is 0 Å². The summed E-state index contributed by atoms with van der Waals surface area (Å²) < 4.78 is 0. The summed E-state index contributed by atoms with van der Waals surface area (Å²) in [4.78, 5) is -0.416. The van der Waals surface area contributed by atoms with Gasteiger partial charge in [-0.1, -0.05) is 40.2 Å². The lowest BCUT2D eigenvalue weighted by Crippen LogP contribution is -1.93. The molecule has 0 aliphatic rings. The molecule has 1 aromatic rings. The zero-order valence-electron chi connectivity index (χ0n) is 6.43. The first-order valence-electron chi connectivity index (χ1n) is 3.67. The van der Waals surface area contributed by atoms with Crippen molar-refractivity contribution in [2.75, 3.05) is 5.33 Å². The Labute approximate surface area is 91.0 Å². The summed E-state index contributed by atoms with van der Waals surface area (Å²) in [6, 6.07) is 7.96. The number of hydrogen-bond donors (Lipinski definition) is 0. The number of benzene rings is 1. The van der Waals surface area contributed by atoms with Crippen molar-refractivity contribution in [3.05, 3.63) is 35.4 Å². The zero-order chi connectivity index (χ0) is 8.97. The Balaban J connectivity index is 2.92. The van der Waals surface area contributed by atoms with Gasteiger partial charge >= 0.3 is 0 Å². The Bertz CT molecular complexity index is 248. The van der Waals surface area contributed by atoms with Crippen LogP contribution < -0.4 is 0 Å². The molecule has 1 aromatic carbocycles. The van der Waals surface area contributed by atoms with Crippen LogP contribution in [0.2, 0.25) is 0 Å². The summed E-state index contributed by atoms with van der Waals surface area (Å²) >= 11 is 15.0. The molecule has 0 saturated carbocycles. The van der Waals surface area contributed by atoms with Crippen LogP contribution in [-0.4, -0.2) is 5.33 Å². The van der Waals surface area contributed by atoms with Crippen LogP contribution in [0.4, 0.5) is 0 Å². The van der Waals surface area contributed by atoms with Gasteiger partial charge in [-0.05, 0) is 17.5 Å². The fourth-order valence-electron chi connectivity index (χ4n) is 1.08. The van der Waals surface area contributed by atoms with Gasteiger partial charge < -0.3 is 0 Å². The van der Waals surface area contributed by atoms with Crippen LogP contribution in [0.25, 0.3) is 0 Å². The standard InChI is InChI=1S/C9H9BrCl2/c10-6-5-7-3-1-2-4-8(7)9(11)12/h1-4,9H,5-6H2.